The predicted octanol–water partition coefficient (Wildman–Crippen LogP) is 3.39. The van der Waals surface area contributed by atoms with E-state index in [2.05, 4.69) is 4.98 Å². The summed E-state index contributed by atoms with van der Waals surface area (Å²) in [6.07, 6.45) is 6.91. The van der Waals surface area contributed by atoms with Crippen LogP contribution in [0.4, 0.5) is 0 Å². The van der Waals surface area contributed by atoms with Gasteiger partial charge in [0.2, 0.25) is 0 Å². The Balaban J connectivity index is 2.23. The number of carboxylic acid groups (broad SMARTS) is 1. The van der Waals surface area contributed by atoms with E-state index in [1.54, 1.807) is 25.3 Å². The second kappa shape index (κ2) is 7.57. The van der Waals surface area contributed by atoms with Crippen LogP contribution in [0.5, 0.6) is 5.75 Å². The molecule has 1 aromatic carbocycles. The van der Waals surface area contributed by atoms with Gasteiger partial charge in [-0.25, -0.2) is 9.78 Å². The maximum Gasteiger partial charge on any atom is 0.354 e. The van der Waals surface area contributed by atoms with Crippen molar-refractivity contribution in [2.75, 3.05) is 7.11 Å². The molecule has 0 amide bonds. The topological polar surface area (TPSA) is 83.2 Å². The van der Waals surface area contributed by atoms with Crippen LogP contribution < -0.4 is 4.74 Å². The minimum atomic E-state index is -1.13. The molecule has 2 aromatic rings. The first-order chi connectivity index (χ1) is 11.2. The maximum absolute atomic E-state index is 10.9. The molecular weight excluding hydrogens is 292 g/mol. The minimum absolute atomic E-state index is 0.0997. The van der Waals surface area contributed by atoms with Gasteiger partial charge in [-0.1, -0.05) is 36.4 Å². The predicted molar refractivity (Wildman–Crippen MR) is 87.0 cm³/mol. The van der Waals surface area contributed by atoms with Crippen LogP contribution in [0, 0.1) is 11.3 Å². The Labute approximate surface area is 133 Å². The van der Waals surface area contributed by atoms with Crippen molar-refractivity contribution in [1.82, 2.24) is 4.98 Å². The number of nitrogens with zero attached hydrogens (tertiary/aromatic N) is 2. The molecule has 0 unspecified atom stereocenters. The highest BCUT2D eigenvalue weighted by atomic mass is 16.5. The molecule has 0 spiro atoms. The quantitative estimate of drug-likeness (QED) is 0.856. The number of benzene rings is 1. The first-order valence-electron chi connectivity index (χ1n) is 6.78. The number of allylic oxidation sites excluding steroid dienone is 2. The van der Waals surface area contributed by atoms with Crippen molar-refractivity contribution in [3.63, 3.8) is 0 Å². The van der Waals surface area contributed by atoms with Gasteiger partial charge in [-0.05, 0) is 24.3 Å². The van der Waals surface area contributed by atoms with E-state index in [4.69, 9.17) is 15.1 Å². The number of aromatic nitrogens is 1. The van der Waals surface area contributed by atoms with Crippen molar-refractivity contribution in [2.24, 2.45) is 0 Å². The average Bonchev–Trinajstić information content (AvgIpc) is 2.58. The first-order valence-corrected chi connectivity index (χ1v) is 6.78. The fraction of sp³-hybridized carbons (Fsp3) is 0.0556. The van der Waals surface area contributed by atoms with Crippen LogP contribution in [-0.2, 0) is 0 Å². The van der Waals surface area contributed by atoms with Crippen LogP contribution in [0.1, 0.15) is 27.3 Å². The highest BCUT2D eigenvalue weighted by Gasteiger charge is 2.07. The number of carbonyl (C=O) groups is 1. The largest absolute Gasteiger partial charge is 0.496 e. The van der Waals surface area contributed by atoms with E-state index >= 15 is 0 Å². The molecule has 5 heteroatoms. The lowest BCUT2D eigenvalue weighted by molar-refractivity contribution is 0.0690. The molecule has 1 heterocycles. The van der Waals surface area contributed by atoms with E-state index < -0.39 is 5.97 Å². The Hall–Kier alpha value is -3.39. The standard InChI is InChI=1S/C18H14N2O3/c1-23-17-9-5-3-7-13(17)6-2-4-8-15-14(12-19)10-11-16(20-15)18(21)22/h2-11H,1H3,(H,21,22)/b6-2+,8-4+. The summed E-state index contributed by atoms with van der Waals surface area (Å²) in [4.78, 5) is 14.9. The highest BCUT2D eigenvalue weighted by molar-refractivity contribution is 5.85. The molecule has 2 rings (SSSR count). The van der Waals surface area contributed by atoms with Crippen LogP contribution in [0.15, 0.2) is 48.6 Å². The number of nitriles is 1. The number of aromatic carboxylic acids is 1. The van der Waals surface area contributed by atoms with Crippen molar-refractivity contribution in [3.05, 3.63) is 71.1 Å². The van der Waals surface area contributed by atoms with Gasteiger partial charge in [0.15, 0.2) is 0 Å². The third kappa shape index (κ3) is 4.05. The number of rotatable bonds is 5. The van der Waals surface area contributed by atoms with Gasteiger partial charge in [0.1, 0.15) is 17.5 Å². The summed E-state index contributed by atoms with van der Waals surface area (Å²) < 4.78 is 5.24. The number of para-hydroxylation sites is 1. The van der Waals surface area contributed by atoms with E-state index in [0.29, 0.717) is 11.3 Å². The van der Waals surface area contributed by atoms with Gasteiger partial charge in [-0.15, -0.1) is 0 Å². The van der Waals surface area contributed by atoms with Gasteiger partial charge in [-0.3, -0.25) is 0 Å². The third-order valence-corrected chi connectivity index (χ3v) is 3.04. The molecule has 1 N–H and O–H groups in total. The van der Waals surface area contributed by atoms with Gasteiger partial charge in [0.05, 0.1) is 18.4 Å². The minimum Gasteiger partial charge on any atom is -0.496 e. The second-order valence-corrected chi connectivity index (χ2v) is 4.51. The molecule has 114 valence electrons. The summed E-state index contributed by atoms with van der Waals surface area (Å²) in [6, 6.07) is 12.3. The van der Waals surface area contributed by atoms with E-state index in [0.717, 1.165) is 11.3 Å². The summed E-state index contributed by atoms with van der Waals surface area (Å²) in [5, 5.41) is 18.0. The summed E-state index contributed by atoms with van der Waals surface area (Å²) in [6.45, 7) is 0. The zero-order valence-corrected chi connectivity index (χ0v) is 12.4. The molecule has 0 saturated heterocycles. The lowest BCUT2D eigenvalue weighted by Crippen LogP contribution is -2.02. The SMILES string of the molecule is COc1ccccc1/C=C/C=C/c1nc(C(=O)O)ccc1C#N. The number of methoxy groups -OCH3 is 1. The molecule has 0 aliphatic heterocycles. The molecular formula is C18H14N2O3. The van der Waals surface area contributed by atoms with Crippen molar-refractivity contribution < 1.29 is 14.6 Å². The Morgan fingerprint density at radius 3 is 2.65 bits per heavy atom. The number of hydrogen-bond donors (Lipinski definition) is 1. The summed E-state index contributed by atoms with van der Waals surface area (Å²) >= 11 is 0. The molecule has 0 atom stereocenters. The zero-order chi connectivity index (χ0) is 16.7. The van der Waals surface area contributed by atoms with Gasteiger partial charge in [-0.2, -0.15) is 5.26 Å². The molecule has 0 aliphatic carbocycles. The molecule has 23 heavy (non-hydrogen) atoms. The fourth-order valence-electron chi connectivity index (χ4n) is 1.93. The van der Waals surface area contributed by atoms with Crippen molar-refractivity contribution in [1.29, 1.82) is 5.26 Å². The van der Waals surface area contributed by atoms with Gasteiger partial charge in [0, 0.05) is 5.56 Å². The second-order valence-electron chi connectivity index (χ2n) is 4.51. The molecule has 0 aliphatic rings. The third-order valence-electron chi connectivity index (χ3n) is 3.04. The van der Waals surface area contributed by atoms with Crippen LogP contribution in [0.3, 0.4) is 0 Å². The Kier molecular flexibility index (Phi) is 5.26. The monoisotopic (exact) mass is 306 g/mol. The molecule has 0 bridgehead atoms. The lowest BCUT2D eigenvalue weighted by atomic mass is 10.1. The summed E-state index contributed by atoms with van der Waals surface area (Å²) in [5.41, 5.74) is 1.44. The van der Waals surface area contributed by atoms with Crippen molar-refractivity contribution in [3.8, 4) is 11.8 Å². The van der Waals surface area contributed by atoms with Crippen LogP contribution in [0.2, 0.25) is 0 Å². The molecule has 0 saturated carbocycles. The Bertz CT molecular complexity index is 817. The van der Waals surface area contributed by atoms with Crippen LogP contribution in [-0.4, -0.2) is 23.2 Å². The van der Waals surface area contributed by atoms with Crippen LogP contribution >= 0.6 is 0 Å². The number of hydrogen-bond acceptors (Lipinski definition) is 4. The Morgan fingerprint density at radius 1 is 1.22 bits per heavy atom. The van der Waals surface area contributed by atoms with Gasteiger partial charge in [0.25, 0.3) is 0 Å². The smallest absolute Gasteiger partial charge is 0.354 e. The molecule has 1 aromatic heterocycles. The molecule has 0 radical (unpaired) electrons. The first kappa shape index (κ1) is 16.0. The summed E-state index contributed by atoms with van der Waals surface area (Å²) in [7, 11) is 1.60. The summed E-state index contributed by atoms with van der Waals surface area (Å²) in [5.74, 6) is -0.380. The average molecular weight is 306 g/mol. The van der Waals surface area contributed by atoms with E-state index in [1.165, 1.54) is 12.1 Å². The molecule has 5 nitrogen and oxygen atoms in total. The van der Waals surface area contributed by atoms with Gasteiger partial charge < -0.3 is 9.84 Å². The maximum atomic E-state index is 10.9. The number of carboxylic acids is 1. The highest BCUT2D eigenvalue weighted by Crippen LogP contribution is 2.18. The molecule has 0 fully saturated rings. The van der Waals surface area contributed by atoms with E-state index in [1.807, 2.05) is 36.4 Å². The zero-order valence-electron chi connectivity index (χ0n) is 12.4. The lowest BCUT2D eigenvalue weighted by Gasteiger charge is -2.02. The number of ether oxygens (including phenoxy) is 1. The van der Waals surface area contributed by atoms with Crippen LogP contribution in [0.25, 0.3) is 12.2 Å². The van der Waals surface area contributed by atoms with E-state index in [9.17, 15) is 4.79 Å². The van der Waals surface area contributed by atoms with Crippen molar-refractivity contribution in [2.45, 2.75) is 0 Å². The van der Waals surface area contributed by atoms with Gasteiger partial charge >= 0.3 is 5.97 Å². The van der Waals surface area contributed by atoms with E-state index in [-0.39, 0.29) is 5.69 Å². The normalized spacial score (nSPS) is 10.8. The number of pyridine rings is 1. The Morgan fingerprint density at radius 2 is 1.96 bits per heavy atom. The fourth-order valence-corrected chi connectivity index (χ4v) is 1.93. The van der Waals surface area contributed by atoms with Crippen molar-refractivity contribution >= 4 is 18.1 Å².